The zero-order chi connectivity index (χ0) is 22.3. The molecule has 1 unspecified atom stereocenters. The highest BCUT2D eigenvalue weighted by atomic mass is 35.5. The molecule has 4 rings (SSSR count). The summed E-state index contributed by atoms with van der Waals surface area (Å²) in [6.45, 7) is 3.65. The number of aryl methyl sites for hydroxylation is 1. The number of hydrogen-bond acceptors (Lipinski definition) is 3. The number of carbonyl (C=O) groups excluding carboxylic acids is 1. The lowest BCUT2D eigenvalue weighted by Crippen LogP contribution is -2.27. The van der Waals surface area contributed by atoms with Gasteiger partial charge in [0.25, 0.3) is 5.91 Å². The fourth-order valence-electron chi connectivity index (χ4n) is 3.78. The van der Waals surface area contributed by atoms with Crippen molar-refractivity contribution in [2.24, 2.45) is 0 Å². The van der Waals surface area contributed by atoms with Gasteiger partial charge in [-0.2, -0.15) is 0 Å². The van der Waals surface area contributed by atoms with E-state index in [1.165, 1.54) is 18.4 Å². The van der Waals surface area contributed by atoms with E-state index in [2.05, 4.69) is 28.2 Å². The van der Waals surface area contributed by atoms with Crippen LogP contribution in [0.1, 0.15) is 58.8 Å². The summed E-state index contributed by atoms with van der Waals surface area (Å²) in [6.07, 6.45) is 3.61. The lowest BCUT2D eigenvalue weighted by atomic mass is 10.0. The summed E-state index contributed by atoms with van der Waals surface area (Å²) in [5.74, 6) is 0.508. The van der Waals surface area contributed by atoms with Gasteiger partial charge in [-0.25, -0.2) is 8.42 Å². The van der Waals surface area contributed by atoms with Crippen molar-refractivity contribution in [2.45, 2.75) is 38.6 Å². The van der Waals surface area contributed by atoms with Gasteiger partial charge >= 0.3 is 0 Å². The maximum atomic E-state index is 12.9. The molecule has 1 fully saturated rings. The number of sulfonamides is 1. The molecule has 1 aliphatic rings. The van der Waals surface area contributed by atoms with Gasteiger partial charge in [0, 0.05) is 10.6 Å². The van der Waals surface area contributed by atoms with Gasteiger partial charge in [0.05, 0.1) is 18.0 Å². The van der Waals surface area contributed by atoms with Crippen LogP contribution >= 0.6 is 11.6 Å². The smallest absolute Gasteiger partial charge is 0.251 e. The van der Waals surface area contributed by atoms with Crippen molar-refractivity contribution in [1.29, 1.82) is 0 Å². The van der Waals surface area contributed by atoms with Crippen LogP contribution in [0, 0.1) is 6.92 Å². The molecule has 31 heavy (non-hydrogen) atoms. The number of amides is 1. The number of nitrogens with one attached hydrogen (secondary N) is 2. The van der Waals surface area contributed by atoms with E-state index < -0.39 is 10.0 Å². The standard InChI is InChI=1S/C24H25ClN2O3S/c1-14-10-21(22(25)13-23(14)27-31(3,29)30)15(2)26-24(28)20-9-8-18-11-17(16-4-5-16)6-7-19(18)12-20/h6-13,15-16,27H,4-5H2,1-3H3,(H,26,28). The number of anilines is 1. The van der Waals surface area contributed by atoms with Crippen molar-refractivity contribution in [1.82, 2.24) is 5.32 Å². The van der Waals surface area contributed by atoms with E-state index in [0.29, 0.717) is 22.2 Å². The number of fused-ring (bicyclic) bond motifs is 1. The van der Waals surface area contributed by atoms with Crippen LogP contribution in [0.5, 0.6) is 0 Å². The minimum absolute atomic E-state index is 0.187. The Morgan fingerprint density at radius 2 is 1.74 bits per heavy atom. The summed E-state index contributed by atoms with van der Waals surface area (Å²) in [7, 11) is -3.41. The zero-order valence-electron chi connectivity index (χ0n) is 17.7. The van der Waals surface area contributed by atoms with Crippen molar-refractivity contribution in [2.75, 3.05) is 11.0 Å². The minimum atomic E-state index is -3.41. The van der Waals surface area contributed by atoms with E-state index in [4.69, 9.17) is 11.6 Å². The van der Waals surface area contributed by atoms with Crippen molar-refractivity contribution in [3.63, 3.8) is 0 Å². The lowest BCUT2D eigenvalue weighted by molar-refractivity contribution is 0.0940. The highest BCUT2D eigenvalue weighted by molar-refractivity contribution is 7.92. The second-order valence-electron chi connectivity index (χ2n) is 8.35. The van der Waals surface area contributed by atoms with Crippen molar-refractivity contribution in [3.05, 3.63) is 75.8 Å². The van der Waals surface area contributed by atoms with Gasteiger partial charge in [0.1, 0.15) is 0 Å². The molecule has 0 heterocycles. The van der Waals surface area contributed by atoms with E-state index in [-0.39, 0.29) is 11.9 Å². The summed E-state index contributed by atoms with van der Waals surface area (Å²) >= 11 is 6.39. The van der Waals surface area contributed by atoms with Crippen LogP contribution < -0.4 is 10.0 Å². The summed E-state index contributed by atoms with van der Waals surface area (Å²) in [4.78, 5) is 12.9. The molecule has 3 aromatic rings. The van der Waals surface area contributed by atoms with E-state index >= 15 is 0 Å². The number of halogens is 1. The molecule has 1 saturated carbocycles. The highest BCUT2D eigenvalue weighted by Gasteiger charge is 2.23. The molecule has 162 valence electrons. The molecule has 0 spiro atoms. The summed E-state index contributed by atoms with van der Waals surface area (Å²) in [5, 5.41) is 5.55. The van der Waals surface area contributed by atoms with E-state index in [1.807, 2.05) is 25.1 Å². The third-order valence-electron chi connectivity index (χ3n) is 5.63. The van der Waals surface area contributed by atoms with Crippen molar-refractivity contribution in [3.8, 4) is 0 Å². The largest absolute Gasteiger partial charge is 0.345 e. The average molecular weight is 457 g/mol. The Morgan fingerprint density at radius 3 is 2.42 bits per heavy atom. The minimum Gasteiger partial charge on any atom is -0.345 e. The first kappa shape index (κ1) is 21.7. The predicted molar refractivity (Wildman–Crippen MR) is 126 cm³/mol. The number of hydrogen-bond donors (Lipinski definition) is 2. The van der Waals surface area contributed by atoms with Crippen LogP contribution in [0.15, 0.2) is 48.5 Å². The Hall–Kier alpha value is -2.57. The third kappa shape index (κ3) is 5.02. The Labute approximate surface area is 187 Å². The highest BCUT2D eigenvalue weighted by Crippen LogP contribution is 2.41. The molecule has 0 aliphatic heterocycles. The molecule has 3 aromatic carbocycles. The lowest BCUT2D eigenvalue weighted by Gasteiger charge is -2.18. The fraction of sp³-hybridized carbons (Fsp3) is 0.292. The van der Waals surface area contributed by atoms with Gasteiger partial charge in [0.2, 0.25) is 10.0 Å². The number of benzene rings is 3. The molecular formula is C24H25ClN2O3S. The van der Waals surface area contributed by atoms with Gasteiger partial charge < -0.3 is 5.32 Å². The predicted octanol–water partition coefficient (Wildman–Crippen LogP) is 5.54. The molecule has 0 radical (unpaired) electrons. The first-order valence-electron chi connectivity index (χ1n) is 10.2. The second kappa shape index (κ2) is 8.17. The van der Waals surface area contributed by atoms with Gasteiger partial charge in [-0.15, -0.1) is 0 Å². The normalized spacial score (nSPS) is 15.0. The Balaban J connectivity index is 1.52. The molecule has 0 saturated heterocycles. The summed E-state index contributed by atoms with van der Waals surface area (Å²) < 4.78 is 25.5. The SMILES string of the molecule is Cc1cc(C(C)NC(=O)c2ccc3cc(C4CC4)ccc3c2)c(Cl)cc1NS(C)(=O)=O. The molecule has 0 aromatic heterocycles. The van der Waals surface area contributed by atoms with Crippen LogP contribution in [0.25, 0.3) is 10.8 Å². The van der Waals surface area contributed by atoms with Crippen LogP contribution in [-0.4, -0.2) is 20.6 Å². The maximum absolute atomic E-state index is 12.9. The van der Waals surface area contributed by atoms with Crippen LogP contribution in [0.4, 0.5) is 5.69 Å². The summed E-state index contributed by atoms with van der Waals surface area (Å²) in [6, 6.07) is 15.2. The molecule has 2 N–H and O–H groups in total. The van der Waals surface area contributed by atoms with Crippen LogP contribution in [0.3, 0.4) is 0 Å². The second-order valence-corrected chi connectivity index (χ2v) is 10.5. The first-order valence-corrected chi connectivity index (χ1v) is 12.5. The first-order chi connectivity index (χ1) is 14.6. The average Bonchev–Trinajstić information content (AvgIpc) is 3.53. The monoisotopic (exact) mass is 456 g/mol. The molecular weight excluding hydrogens is 432 g/mol. The Bertz CT molecular complexity index is 1280. The molecule has 5 nitrogen and oxygen atoms in total. The van der Waals surface area contributed by atoms with Gasteiger partial charge in [0.15, 0.2) is 0 Å². The molecule has 0 bridgehead atoms. The zero-order valence-corrected chi connectivity index (χ0v) is 19.3. The molecule has 1 amide bonds. The fourth-order valence-corrected chi connectivity index (χ4v) is 4.73. The Morgan fingerprint density at radius 1 is 1.06 bits per heavy atom. The summed E-state index contributed by atoms with van der Waals surface area (Å²) in [5.41, 5.74) is 3.83. The van der Waals surface area contributed by atoms with Crippen molar-refractivity contribution < 1.29 is 13.2 Å². The number of carbonyl (C=O) groups is 1. The topological polar surface area (TPSA) is 75.3 Å². The van der Waals surface area contributed by atoms with Crippen LogP contribution in [0.2, 0.25) is 5.02 Å². The van der Waals surface area contributed by atoms with Crippen molar-refractivity contribution >= 4 is 44.0 Å². The van der Waals surface area contributed by atoms with E-state index in [1.54, 1.807) is 19.1 Å². The number of rotatable bonds is 6. The molecule has 1 aliphatic carbocycles. The third-order valence-corrected chi connectivity index (χ3v) is 6.55. The van der Waals surface area contributed by atoms with Gasteiger partial charge in [-0.3, -0.25) is 9.52 Å². The van der Waals surface area contributed by atoms with E-state index in [0.717, 1.165) is 28.2 Å². The quantitative estimate of drug-likeness (QED) is 0.511. The molecule has 7 heteroatoms. The van der Waals surface area contributed by atoms with Gasteiger partial charge in [-0.05, 0) is 78.3 Å². The van der Waals surface area contributed by atoms with Crippen LogP contribution in [-0.2, 0) is 10.0 Å². The van der Waals surface area contributed by atoms with E-state index in [9.17, 15) is 13.2 Å². The Kier molecular flexibility index (Phi) is 5.71. The molecule has 1 atom stereocenters. The van der Waals surface area contributed by atoms with Gasteiger partial charge in [-0.1, -0.05) is 41.9 Å². The maximum Gasteiger partial charge on any atom is 0.251 e.